The van der Waals surface area contributed by atoms with Crippen LogP contribution in [0.25, 0.3) is 10.8 Å². The maximum atomic E-state index is 14.0. The molecule has 0 aliphatic rings. The Balaban J connectivity index is 1.40. The average molecular weight is 453 g/mol. The molecule has 0 unspecified atom stereocenters. The van der Waals surface area contributed by atoms with Gasteiger partial charge in [0, 0.05) is 0 Å². The van der Waals surface area contributed by atoms with Crippen LogP contribution in [0, 0.1) is 17.1 Å². The van der Waals surface area contributed by atoms with Gasteiger partial charge in [0.15, 0.2) is 11.5 Å². The molecule has 0 saturated heterocycles. The lowest BCUT2D eigenvalue weighted by Crippen LogP contribution is -2.19. The number of hydrazone groups is 1. The van der Waals surface area contributed by atoms with Crippen LogP contribution in [0.1, 0.15) is 27.0 Å². The van der Waals surface area contributed by atoms with Crippen molar-refractivity contribution in [3.05, 3.63) is 107 Å². The Morgan fingerprint density at radius 2 is 1.85 bits per heavy atom. The first-order valence-electron chi connectivity index (χ1n) is 10.4. The molecule has 7 heteroatoms. The van der Waals surface area contributed by atoms with Gasteiger partial charge in [0.05, 0.1) is 30.5 Å². The topological polar surface area (TPSA) is 83.7 Å². The number of nitriles is 1. The fourth-order valence-electron chi connectivity index (χ4n) is 3.37. The van der Waals surface area contributed by atoms with Crippen molar-refractivity contribution >= 4 is 22.9 Å². The van der Waals surface area contributed by atoms with Gasteiger partial charge in [0.2, 0.25) is 0 Å². The number of rotatable bonds is 7. The summed E-state index contributed by atoms with van der Waals surface area (Å²) < 4.78 is 25.3. The molecule has 6 nitrogen and oxygen atoms in total. The van der Waals surface area contributed by atoms with Gasteiger partial charge in [-0.2, -0.15) is 10.4 Å². The van der Waals surface area contributed by atoms with E-state index in [2.05, 4.69) is 34.8 Å². The van der Waals surface area contributed by atoms with Crippen LogP contribution in [0.15, 0.2) is 84.0 Å². The zero-order chi connectivity index (χ0) is 23.9. The Bertz CT molecular complexity index is 1430. The summed E-state index contributed by atoms with van der Waals surface area (Å²) in [6.07, 6.45) is 1.41. The van der Waals surface area contributed by atoms with Crippen LogP contribution in [0.5, 0.6) is 11.5 Å². The van der Waals surface area contributed by atoms with Gasteiger partial charge in [-0.1, -0.05) is 36.4 Å². The minimum atomic E-state index is -0.790. The van der Waals surface area contributed by atoms with Gasteiger partial charge < -0.3 is 9.47 Å². The fraction of sp³-hybridized carbons (Fsp3) is 0.0741. The Kier molecular flexibility index (Phi) is 6.80. The third-order valence-corrected chi connectivity index (χ3v) is 5.12. The molecule has 4 aromatic rings. The van der Waals surface area contributed by atoms with Crippen molar-refractivity contribution in [2.45, 2.75) is 6.61 Å². The number of ether oxygens (including phenoxy) is 2. The van der Waals surface area contributed by atoms with Crippen molar-refractivity contribution in [3.8, 4) is 17.6 Å². The molecule has 0 fully saturated rings. The number of nitrogens with one attached hydrogen (secondary N) is 1. The Morgan fingerprint density at radius 1 is 1.03 bits per heavy atom. The summed E-state index contributed by atoms with van der Waals surface area (Å²) >= 11 is 0. The van der Waals surface area contributed by atoms with Crippen LogP contribution in [0.3, 0.4) is 0 Å². The summed E-state index contributed by atoms with van der Waals surface area (Å²) in [7, 11) is 1.54. The van der Waals surface area contributed by atoms with Gasteiger partial charge in [-0.3, -0.25) is 4.79 Å². The molecule has 4 aromatic carbocycles. The highest BCUT2D eigenvalue weighted by molar-refractivity contribution is 5.95. The zero-order valence-corrected chi connectivity index (χ0v) is 18.3. The van der Waals surface area contributed by atoms with Crippen LogP contribution in [-0.4, -0.2) is 19.2 Å². The predicted molar refractivity (Wildman–Crippen MR) is 127 cm³/mol. The van der Waals surface area contributed by atoms with Crippen LogP contribution in [-0.2, 0) is 6.61 Å². The first-order chi connectivity index (χ1) is 16.6. The van der Waals surface area contributed by atoms with Crippen molar-refractivity contribution in [3.63, 3.8) is 0 Å². The maximum absolute atomic E-state index is 14.0. The van der Waals surface area contributed by atoms with E-state index < -0.39 is 11.7 Å². The molecular formula is C27H20FN3O3. The maximum Gasteiger partial charge on any atom is 0.274 e. The fourth-order valence-corrected chi connectivity index (χ4v) is 3.37. The molecule has 0 aliphatic heterocycles. The van der Waals surface area contributed by atoms with Crippen molar-refractivity contribution < 1.29 is 18.7 Å². The second-order valence-electron chi connectivity index (χ2n) is 7.39. The van der Waals surface area contributed by atoms with E-state index in [9.17, 15) is 9.18 Å². The van der Waals surface area contributed by atoms with Crippen LogP contribution in [0.4, 0.5) is 4.39 Å². The Morgan fingerprint density at radius 3 is 2.62 bits per heavy atom. The van der Waals surface area contributed by atoms with E-state index in [0.29, 0.717) is 23.7 Å². The first-order valence-corrected chi connectivity index (χ1v) is 10.4. The van der Waals surface area contributed by atoms with Crippen LogP contribution >= 0.6 is 0 Å². The number of methoxy groups -OCH3 is 1. The molecule has 1 amide bonds. The van der Waals surface area contributed by atoms with E-state index in [1.54, 1.807) is 18.2 Å². The van der Waals surface area contributed by atoms with Crippen molar-refractivity contribution in [2.75, 3.05) is 7.11 Å². The molecule has 0 saturated carbocycles. The van der Waals surface area contributed by atoms with E-state index in [1.165, 1.54) is 30.8 Å². The standard InChI is InChI=1S/C27H20FN3O3/c1-33-26-14-19(16-30-31-27(32)23-10-7-18(15-29)13-24(23)28)8-11-25(26)34-17-20-6-9-21-4-2-3-5-22(21)12-20/h2-14,16H,17H2,1H3,(H,31,32)/b30-16-. The highest BCUT2D eigenvalue weighted by atomic mass is 19.1. The minimum Gasteiger partial charge on any atom is -0.493 e. The quantitative estimate of drug-likeness (QED) is 0.308. The lowest BCUT2D eigenvalue weighted by atomic mass is 10.1. The zero-order valence-electron chi connectivity index (χ0n) is 18.3. The molecule has 0 atom stereocenters. The Hall–Kier alpha value is -4.70. The minimum absolute atomic E-state index is 0.132. The number of hydrogen-bond donors (Lipinski definition) is 1. The van der Waals surface area contributed by atoms with E-state index in [0.717, 1.165) is 17.0 Å². The number of benzene rings is 4. The molecule has 0 radical (unpaired) electrons. The second kappa shape index (κ2) is 10.3. The summed E-state index contributed by atoms with van der Waals surface area (Å²) in [5.74, 6) is -0.437. The van der Waals surface area contributed by atoms with E-state index >= 15 is 0 Å². The van der Waals surface area contributed by atoms with Gasteiger partial charge in [-0.25, -0.2) is 9.82 Å². The Labute approximate surface area is 195 Å². The number of fused-ring (bicyclic) bond motifs is 1. The van der Waals surface area contributed by atoms with Gasteiger partial charge in [-0.05, 0) is 64.4 Å². The summed E-state index contributed by atoms with van der Waals surface area (Å²) in [5.41, 5.74) is 3.88. The third-order valence-electron chi connectivity index (χ3n) is 5.12. The van der Waals surface area contributed by atoms with Gasteiger partial charge in [-0.15, -0.1) is 0 Å². The lowest BCUT2D eigenvalue weighted by Gasteiger charge is -2.12. The molecule has 34 heavy (non-hydrogen) atoms. The number of nitrogens with zero attached hydrogens (tertiary/aromatic N) is 2. The number of carbonyl (C=O) groups excluding carboxylic acids is 1. The summed E-state index contributed by atoms with van der Waals surface area (Å²) in [5, 5.41) is 15.0. The molecule has 1 N–H and O–H groups in total. The van der Waals surface area contributed by atoms with Gasteiger partial charge >= 0.3 is 0 Å². The summed E-state index contributed by atoms with van der Waals surface area (Å²) in [6.45, 7) is 0.376. The largest absolute Gasteiger partial charge is 0.493 e. The predicted octanol–water partition coefficient (Wildman–Crippen LogP) is 5.20. The number of carbonyl (C=O) groups is 1. The van der Waals surface area contributed by atoms with E-state index in [1.807, 2.05) is 24.3 Å². The normalized spacial score (nSPS) is 10.7. The molecular weight excluding hydrogens is 433 g/mol. The second-order valence-corrected chi connectivity index (χ2v) is 7.39. The average Bonchev–Trinajstić information content (AvgIpc) is 2.87. The van der Waals surface area contributed by atoms with Crippen molar-refractivity contribution in [2.24, 2.45) is 5.10 Å². The highest BCUT2D eigenvalue weighted by Gasteiger charge is 2.12. The number of hydrogen-bond acceptors (Lipinski definition) is 5. The lowest BCUT2D eigenvalue weighted by molar-refractivity contribution is 0.0951. The van der Waals surface area contributed by atoms with Crippen LogP contribution < -0.4 is 14.9 Å². The summed E-state index contributed by atoms with van der Waals surface area (Å²) in [6, 6.07) is 24.9. The van der Waals surface area contributed by atoms with Gasteiger partial charge in [0.1, 0.15) is 12.4 Å². The smallest absolute Gasteiger partial charge is 0.274 e. The SMILES string of the molecule is COc1cc(/C=N\NC(=O)c2ccc(C#N)cc2F)ccc1OCc1ccc2ccccc2c1. The van der Waals surface area contributed by atoms with Crippen LogP contribution in [0.2, 0.25) is 0 Å². The molecule has 0 aliphatic carbocycles. The molecule has 4 rings (SSSR count). The highest BCUT2D eigenvalue weighted by Crippen LogP contribution is 2.28. The van der Waals surface area contributed by atoms with Crippen molar-refractivity contribution in [1.29, 1.82) is 5.26 Å². The molecule has 0 heterocycles. The molecule has 0 aromatic heterocycles. The molecule has 0 spiro atoms. The van der Waals surface area contributed by atoms with E-state index in [4.69, 9.17) is 14.7 Å². The molecule has 0 bridgehead atoms. The molecule has 168 valence electrons. The number of halogens is 1. The first kappa shape index (κ1) is 22.5. The van der Waals surface area contributed by atoms with E-state index in [-0.39, 0.29) is 11.1 Å². The van der Waals surface area contributed by atoms with Crippen molar-refractivity contribution in [1.82, 2.24) is 5.43 Å². The number of amides is 1. The summed E-state index contributed by atoms with van der Waals surface area (Å²) in [4.78, 5) is 12.1. The monoisotopic (exact) mass is 453 g/mol. The van der Waals surface area contributed by atoms with Gasteiger partial charge in [0.25, 0.3) is 5.91 Å². The third kappa shape index (κ3) is 5.19.